The Morgan fingerprint density at radius 2 is 1.78 bits per heavy atom. The van der Waals surface area contributed by atoms with Gasteiger partial charge in [-0.25, -0.2) is 0 Å². The average molecular weight is 280 g/mol. The quantitative estimate of drug-likeness (QED) is 0.885. The third-order valence-corrected chi connectivity index (χ3v) is 3.51. The molecule has 0 saturated heterocycles. The highest BCUT2D eigenvalue weighted by Gasteiger charge is 2.24. The van der Waals surface area contributed by atoms with Gasteiger partial charge in [-0.3, -0.25) is 0 Å². The van der Waals surface area contributed by atoms with E-state index < -0.39 is 5.54 Å². The molecule has 2 N–H and O–H groups in total. The molecule has 2 aromatic rings. The molecule has 0 heterocycles. The first-order valence-electron chi connectivity index (χ1n) is 5.77. The lowest BCUT2D eigenvalue weighted by Gasteiger charge is -2.26. The number of rotatable bonds is 3. The van der Waals surface area contributed by atoms with Crippen LogP contribution in [-0.2, 0) is 12.0 Å². The minimum absolute atomic E-state index is 0.511. The van der Waals surface area contributed by atoms with E-state index in [2.05, 4.69) is 0 Å². The Bertz CT molecular complexity index is 550. The number of benzene rings is 2. The number of hydrogen-bond donors (Lipinski definition) is 1. The molecule has 0 bridgehead atoms. The van der Waals surface area contributed by atoms with Gasteiger partial charge in [-0.05, 0) is 42.7 Å². The van der Waals surface area contributed by atoms with Gasteiger partial charge in [0.2, 0.25) is 0 Å². The molecule has 0 radical (unpaired) electrons. The first kappa shape index (κ1) is 13.4. The van der Waals surface area contributed by atoms with E-state index in [1.807, 2.05) is 55.5 Å². The molecule has 1 nitrogen and oxygen atoms in total. The number of halogens is 2. The third kappa shape index (κ3) is 3.05. The van der Waals surface area contributed by atoms with Crippen LogP contribution in [0.15, 0.2) is 48.5 Å². The zero-order valence-corrected chi connectivity index (χ0v) is 11.7. The van der Waals surface area contributed by atoms with E-state index in [1.165, 1.54) is 0 Å². The Hall–Kier alpha value is -1.02. The highest BCUT2D eigenvalue weighted by Crippen LogP contribution is 2.29. The van der Waals surface area contributed by atoms with Crippen molar-refractivity contribution in [2.24, 2.45) is 5.73 Å². The first-order valence-corrected chi connectivity index (χ1v) is 6.53. The molecule has 94 valence electrons. The summed E-state index contributed by atoms with van der Waals surface area (Å²) in [6.45, 7) is 1.98. The van der Waals surface area contributed by atoms with Crippen LogP contribution in [-0.4, -0.2) is 0 Å². The number of nitrogens with two attached hydrogens (primary N) is 1. The van der Waals surface area contributed by atoms with Gasteiger partial charge in [-0.1, -0.05) is 53.5 Å². The van der Waals surface area contributed by atoms with Crippen LogP contribution >= 0.6 is 23.2 Å². The molecule has 1 unspecified atom stereocenters. The maximum atomic E-state index is 6.39. The standard InChI is InChI=1S/C15H15Cl2N/c1-15(18,13-7-2-3-8-14(13)17)10-11-5-4-6-12(16)9-11/h2-9H,10,18H2,1H3. The summed E-state index contributed by atoms with van der Waals surface area (Å²) < 4.78 is 0. The highest BCUT2D eigenvalue weighted by molar-refractivity contribution is 6.31. The van der Waals surface area contributed by atoms with Gasteiger partial charge in [0, 0.05) is 15.6 Å². The van der Waals surface area contributed by atoms with Gasteiger partial charge in [0.15, 0.2) is 0 Å². The maximum Gasteiger partial charge on any atom is 0.0456 e. The zero-order valence-electron chi connectivity index (χ0n) is 10.2. The van der Waals surface area contributed by atoms with E-state index in [1.54, 1.807) is 0 Å². The summed E-state index contributed by atoms with van der Waals surface area (Å²) in [5, 5.41) is 1.42. The van der Waals surface area contributed by atoms with Gasteiger partial charge in [0.05, 0.1) is 0 Å². The Morgan fingerprint density at radius 1 is 1.06 bits per heavy atom. The van der Waals surface area contributed by atoms with Crippen LogP contribution in [0.5, 0.6) is 0 Å². The minimum atomic E-state index is -0.511. The molecule has 0 aliphatic carbocycles. The molecule has 3 heteroatoms. The molecule has 2 rings (SSSR count). The number of hydrogen-bond acceptors (Lipinski definition) is 1. The van der Waals surface area contributed by atoms with Gasteiger partial charge in [-0.15, -0.1) is 0 Å². The fraction of sp³-hybridized carbons (Fsp3) is 0.200. The molecule has 0 aliphatic heterocycles. The van der Waals surface area contributed by atoms with Gasteiger partial charge in [-0.2, -0.15) is 0 Å². The summed E-state index contributed by atoms with van der Waals surface area (Å²) in [5.74, 6) is 0. The second kappa shape index (κ2) is 5.31. The van der Waals surface area contributed by atoms with Crippen molar-refractivity contribution in [3.05, 3.63) is 69.7 Å². The predicted octanol–water partition coefficient (Wildman–Crippen LogP) is 4.41. The van der Waals surface area contributed by atoms with E-state index in [-0.39, 0.29) is 0 Å². The summed E-state index contributed by atoms with van der Waals surface area (Å²) >= 11 is 12.2. The van der Waals surface area contributed by atoms with Crippen LogP contribution in [0.1, 0.15) is 18.1 Å². The molecule has 2 aromatic carbocycles. The lowest BCUT2D eigenvalue weighted by atomic mass is 9.86. The Labute approximate surface area is 118 Å². The van der Waals surface area contributed by atoms with Crippen molar-refractivity contribution in [2.45, 2.75) is 18.9 Å². The smallest absolute Gasteiger partial charge is 0.0456 e. The van der Waals surface area contributed by atoms with Crippen LogP contribution < -0.4 is 5.73 Å². The van der Waals surface area contributed by atoms with Crippen molar-refractivity contribution in [1.82, 2.24) is 0 Å². The fourth-order valence-electron chi connectivity index (χ4n) is 2.09. The Balaban J connectivity index is 2.30. The van der Waals surface area contributed by atoms with Crippen LogP contribution in [0.4, 0.5) is 0 Å². The molecular weight excluding hydrogens is 265 g/mol. The largest absolute Gasteiger partial charge is 0.321 e. The monoisotopic (exact) mass is 279 g/mol. The third-order valence-electron chi connectivity index (χ3n) is 2.95. The molecular formula is C15H15Cl2N. The molecule has 0 saturated carbocycles. The molecule has 0 amide bonds. The van der Waals surface area contributed by atoms with Gasteiger partial charge in [0.1, 0.15) is 0 Å². The van der Waals surface area contributed by atoms with Crippen molar-refractivity contribution < 1.29 is 0 Å². The van der Waals surface area contributed by atoms with Crippen molar-refractivity contribution in [2.75, 3.05) is 0 Å². The predicted molar refractivity (Wildman–Crippen MR) is 78.1 cm³/mol. The molecule has 0 aromatic heterocycles. The van der Waals surface area contributed by atoms with Crippen LogP contribution in [0.2, 0.25) is 10.0 Å². The maximum absolute atomic E-state index is 6.39. The SMILES string of the molecule is CC(N)(Cc1cccc(Cl)c1)c1ccccc1Cl. The summed E-state index contributed by atoms with van der Waals surface area (Å²) in [6, 6.07) is 15.4. The molecule has 0 fully saturated rings. The van der Waals surface area contributed by atoms with Crippen molar-refractivity contribution in [1.29, 1.82) is 0 Å². The fourth-order valence-corrected chi connectivity index (χ4v) is 2.66. The summed E-state index contributed by atoms with van der Waals surface area (Å²) in [7, 11) is 0. The topological polar surface area (TPSA) is 26.0 Å². The van der Waals surface area contributed by atoms with E-state index >= 15 is 0 Å². The molecule has 0 aliphatic rings. The van der Waals surface area contributed by atoms with Crippen molar-refractivity contribution >= 4 is 23.2 Å². The van der Waals surface area contributed by atoms with E-state index in [0.717, 1.165) is 16.1 Å². The molecule has 1 atom stereocenters. The first-order chi connectivity index (χ1) is 8.49. The zero-order chi connectivity index (χ0) is 13.2. The van der Waals surface area contributed by atoms with Gasteiger partial charge in [0.25, 0.3) is 0 Å². The van der Waals surface area contributed by atoms with E-state index in [0.29, 0.717) is 11.4 Å². The molecule has 18 heavy (non-hydrogen) atoms. The van der Waals surface area contributed by atoms with Crippen molar-refractivity contribution in [3.8, 4) is 0 Å². The second-order valence-electron chi connectivity index (χ2n) is 4.70. The normalized spacial score (nSPS) is 14.2. The Kier molecular flexibility index (Phi) is 3.96. The Morgan fingerprint density at radius 3 is 2.44 bits per heavy atom. The lowest BCUT2D eigenvalue weighted by Crippen LogP contribution is -2.35. The van der Waals surface area contributed by atoms with Crippen LogP contribution in [0.25, 0.3) is 0 Å². The minimum Gasteiger partial charge on any atom is -0.321 e. The summed E-state index contributed by atoms with van der Waals surface area (Å²) in [5.41, 5.74) is 7.94. The summed E-state index contributed by atoms with van der Waals surface area (Å²) in [4.78, 5) is 0. The van der Waals surface area contributed by atoms with Crippen LogP contribution in [0.3, 0.4) is 0 Å². The van der Waals surface area contributed by atoms with Gasteiger partial charge >= 0.3 is 0 Å². The molecule has 0 spiro atoms. The summed E-state index contributed by atoms with van der Waals surface area (Å²) in [6.07, 6.45) is 0.692. The second-order valence-corrected chi connectivity index (χ2v) is 5.55. The van der Waals surface area contributed by atoms with Gasteiger partial charge < -0.3 is 5.73 Å². The highest BCUT2D eigenvalue weighted by atomic mass is 35.5. The van der Waals surface area contributed by atoms with E-state index in [9.17, 15) is 0 Å². The van der Waals surface area contributed by atoms with E-state index in [4.69, 9.17) is 28.9 Å². The van der Waals surface area contributed by atoms with Crippen molar-refractivity contribution in [3.63, 3.8) is 0 Å². The van der Waals surface area contributed by atoms with Crippen LogP contribution in [0, 0.1) is 0 Å². The average Bonchev–Trinajstić information content (AvgIpc) is 2.28. The lowest BCUT2D eigenvalue weighted by molar-refractivity contribution is 0.491.